The zero-order chi connectivity index (χ0) is 14.4. The van der Waals surface area contributed by atoms with E-state index >= 15 is 0 Å². The maximum atomic E-state index is 11.6. The van der Waals surface area contributed by atoms with Gasteiger partial charge in [-0.1, -0.05) is 30.3 Å². The van der Waals surface area contributed by atoms with Crippen LogP contribution in [0.2, 0.25) is 0 Å². The van der Waals surface area contributed by atoms with Gasteiger partial charge in [-0.2, -0.15) is 5.26 Å². The van der Waals surface area contributed by atoms with E-state index in [4.69, 9.17) is 5.26 Å². The van der Waals surface area contributed by atoms with Crippen molar-refractivity contribution in [2.75, 3.05) is 13.1 Å². The summed E-state index contributed by atoms with van der Waals surface area (Å²) in [6.45, 7) is 1.88. The molecule has 1 aliphatic heterocycles. The number of carbonyl (C=O) groups is 1. The average molecular weight is 310 g/mol. The number of benzene rings is 1. The molecule has 0 unspecified atom stereocenters. The fraction of sp³-hybridized carbons (Fsp3) is 0.467. The van der Waals surface area contributed by atoms with Crippen molar-refractivity contribution in [1.29, 1.82) is 5.26 Å². The molecule has 21 heavy (non-hydrogen) atoms. The fourth-order valence-electron chi connectivity index (χ4n) is 2.75. The molecule has 0 saturated carbocycles. The minimum atomic E-state index is -0.913. The summed E-state index contributed by atoms with van der Waals surface area (Å²) in [6.07, 6.45) is 0.227. The molecule has 0 aliphatic carbocycles. The van der Waals surface area contributed by atoms with Gasteiger partial charge in [-0.05, 0) is 18.5 Å². The van der Waals surface area contributed by atoms with E-state index < -0.39 is 6.09 Å². The summed E-state index contributed by atoms with van der Waals surface area (Å²) in [6, 6.07) is 11.7. The first-order valence-corrected chi connectivity index (χ1v) is 6.83. The molecule has 1 heterocycles. The van der Waals surface area contributed by atoms with Crippen LogP contribution in [0.15, 0.2) is 30.3 Å². The van der Waals surface area contributed by atoms with Gasteiger partial charge in [0.2, 0.25) is 0 Å². The molecule has 1 saturated heterocycles. The topological polar surface area (TPSA) is 76.4 Å². The maximum absolute atomic E-state index is 11.6. The molecule has 1 aromatic rings. The van der Waals surface area contributed by atoms with Crippen molar-refractivity contribution in [3.8, 4) is 6.07 Å². The van der Waals surface area contributed by atoms with Crippen LogP contribution in [0.4, 0.5) is 4.79 Å². The molecule has 0 spiro atoms. The van der Waals surface area contributed by atoms with Crippen LogP contribution in [0, 0.1) is 17.2 Å². The maximum Gasteiger partial charge on any atom is 0.407 e. The Labute approximate surface area is 131 Å². The Balaban J connectivity index is 0.00000220. The van der Waals surface area contributed by atoms with E-state index in [-0.39, 0.29) is 24.4 Å². The van der Waals surface area contributed by atoms with Crippen molar-refractivity contribution >= 4 is 18.5 Å². The zero-order valence-corrected chi connectivity index (χ0v) is 12.6. The molecular formula is C15H20ClN3O2. The summed E-state index contributed by atoms with van der Waals surface area (Å²) in [5.41, 5.74) is 0.976. The summed E-state index contributed by atoms with van der Waals surface area (Å²) >= 11 is 0. The molecule has 2 N–H and O–H groups in total. The van der Waals surface area contributed by atoms with Crippen LogP contribution in [0.5, 0.6) is 0 Å². The highest BCUT2D eigenvalue weighted by atomic mass is 35.5. The lowest BCUT2D eigenvalue weighted by atomic mass is 9.89. The molecule has 0 aromatic heterocycles. The second-order valence-electron chi connectivity index (χ2n) is 5.08. The predicted molar refractivity (Wildman–Crippen MR) is 82.3 cm³/mol. The van der Waals surface area contributed by atoms with E-state index in [9.17, 15) is 9.90 Å². The summed E-state index contributed by atoms with van der Waals surface area (Å²) in [5.74, 6) is 0.0635. The van der Waals surface area contributed by atoms with Gasteiger partial charge in [0.15, 0.2) is 0 Å². The lowest BCUT2D eigenvalue weighted by Crippen LogP contribution is -2.51. The molecule has 2 atom stereocenters. The van der Waals surface area contributed by atoms with E-state index in [0.717, 1.165) is 18.5 Å². The lowest BCUT2D eigenvalue weighted by Gasteiger charge is -2.38. The van der Waals surface area contributed by atoms with Crippen LogP contribution in [0.25, 0.3) is 0 Å². The Hall–Kier alpha value is -1.77. The van der Waals surface area contributed by atoms with Crippen LogP contribution in [-0.4, -0.2) is 35.2 Å². The van der Waals surface area contributed by atoms with Gasteiger partial charge < -0.3 is 15.3 Å². The minimum Gasteiger partial charge on any atom is -0.465 e. The Bertz CT molecular complexity index is 489. The number of nitrogens with zero attached hydrogens (tertiary/aromatic N) is 2. The number of piperidine rings is 1. The number of halogens is 1. The smallest absolute Gasteiger partial charge is 0.407 e. The standard InChI is InChI=1S/C15H19N3O2.ClH/c16-8-6-13-10-17-9-7-14(13)18(15(19)20)11-12-4-2-1-3-5-12;/h1-5,13-14,17H,6-7,9-11H2,(H,19,20);1H/t13-,14-;/m0./s1. The van der Waals surface area contributed by atoms with E-state index in [1.54, 1.807) is 0 Å². The number of amides is 1. The third-order valence-electron chi connectivity index (χ3n) is 3.76. The number of carboxylic acid groups (broad SMARTS) is 1. The van der Waals surface area contributed by atoms with Gasteiger partial charge in [0, 0.05) is 31.5 Å². The summed E-state index contributed by atoms with van der Waals surface area (Å²) < 4.78 is 0. The van der Waals surface area contributed by atoms with Crippen molar-refractivity contribution in [2.45, 2.75) is 25.4 Å². The number of nitrogens with one attached hydrogen (secondary N) is 1. The Morgan fingerprint density at radius 3 is 2.76 bits per heavy atom. The molecular weight excluding hydrogens is 290 g/mol. The highest BCUT2D eigenvalue weighted by Crippen LogP contribution is 2.23. The van der Waals surface area contributed by atoms with Gasteiger partial charge in [-0.25, -0.2) is 4.79 Å². The van der Waals surface area contributed by atoms with Crippen LogP contribution in [0.1, 0.15) is 18.4 Å². The molecule has 1 aromatic carbocycles. The van der Waals surface area contributed by atoms with Crippen LogP contribution in [-0.2, 0) is 6.54 Å². The van der Waals surface area contributed by atoms with Crippen molar-refractivity contribution in [1.82, 2.24) is 10.2 Å². The molecule has 2 rings (SSSR count). The largest absolute Gasteiger partial charge is 0.465 e. The molecule has 114 valence electrons. The van der Waals surface area contributed by atoms with Gasteiger partial charge in [0.25, 0.3) is 0 Å². The van der Waals surface area contributed by atoms with Gasteiger partial charge in [0.1, 0.15) is 0 Å². The van der Waals surface area contributed by atoms with E-state index in [1.807, 2.05) is 30.3 Å². The number of nitriles is 1. The third-order valence-corrected chi connectivity index (χ3v) is 3.76. The van der Waals surface area contributed by atoms with Crippen LogP contribution in [0.3, 0.4) is 0 Å². The average Bonchev–Trinajstić information content (AvgIpc) is 2.47. The normalized spacial score (nSPS) is 20.9. The Morgan fingerprint density at radius 2 is 2.14 bits per heavy atom. The first-order valence-electron chi connectivity index (χ1n) is 6.83. The molecule has 6 heteroatoms. The third kappa shape index (κ3) is 4.62. The SMILES string of the molecule is Cl.N#CC[C@H]1CNCC[C@@H]1N(Cc1ccccc1)C(=O)O. The van der Waals surface area contributed by atoms with Gasteiger partial charge >= 0.3 is 6.09 Å². The van der Waals surface area contributed by atoms with Gasteiger partial charge in [-0.15, -0.1) is 12.4 Å². The number of rotatable bonds is 4. The fourth-order valence-corrected chi connectivity index (χ4v) is 2.75. The molecule has 1 amide bonds. The van der Waals surface area contributed by atoms with E-state index in [1.165, 1.54) is 4.90 Å². The summed E-state index contributed by atoms with van der Waals surface area (Å²) in [5, 5.41) is 21.6. The monoisotopic (exact) mass is 309 g/mol. The van der Waals surface area contributed by atoms with E-state index in [0.29, 0.717) is 19.5 Å². The van der Waals surface area contributed by atoms with Crippen LogP contribution < -0.4 is 5.32 Å². The molecule has 0 bridgehead atoms. The molecule has 0 radical (unpaired) electrons. The zero-order valence-electron chi connectivity index (χ0n) is 11.7. The highest BCUT2D eigenvalue weighted by molar-refractivity contribution is 5.85. The second kappa shape index (κ2) is 8.50. The van der Waals surface area contributed by atoms with Gasteiger partial charge in [0.05, 0.1) is 6.07 Å². The van der Waals surface area contributed by atoms with Crippen molar-refractivity contribution in [2.24, 2.45) is 5.92 Å². The van der Waals surface area contributed by atoms with Crippen molar-refractivity contribution < 1.29 is 9.90 Å². The molecule has 5 nitrogen and oxygen atoms in total. The number of hydrogen-bond donors (Lipinski definition) is 2. The predicted octanol–water partition coefficient (Wildman–Crippen LogP) is 2.48. The lowest BCUT2D eigenvalue weighted by molar-refractivity contribution is 0.0865. The Morgan fingerprint density at radius 1 is 1.43 bits per heavy atom. The number of hydrogen-bond acceptors (Lipinski definition) is 3. The van der Waals surface area contributed by atoms with E-state index in [2.05, 4.69) is 11.4 Å². The quantitative estimate of drug-likeness (QED) is 0.896. The minimum absolute atomic E-state index is 0. The first-order chi connectivity index (χ1) is 9.72. The van der Waals surface area contributed by atoms with Crippen molar-refractivity contribution in [3.63, 3.8) is 0 Å². The Kier molecular flexibility index (Phi) is 7.00. The van der Waals surface area contributed by atoms with Crippen molar-refractivity contribution in [3.05, 3.63) is 35.9 Å². The molecule has 1 aliphatic rings. The van der Waals surface area contributed by atoms with Gasteiger partial charge in [-0.3, -0.25) is 0 Å². The summed E-state index contributed by atoms with van der Waals surface area (Å²) in [7, 11) is 0. The summed E-state index contributed by atoms with van der Waals surface area (Å²) in [4.78, 5) is 13.1. The highest BCUT2D eigenvalue weighted by Gasteiger charge is 2.32. The molecule has 1 fully saturated rings. The van der Waals surface area contributed by atoms with Crippen LogP contribution >= 0.6 is 12.4 Å². The first kappa shape index (κ1) is 17.3. The second-order valence-corrected chi connectivity index (χ2v) is 5.08.